The number of piperazine rings is 1. The van der Waals surface area contributed by atoms with E-state index in [1.54, 1.807) is 36.4 Å². The molecule has 7 nitrogen and oxygen atoms in total. The summed E-state index contributed by atoms with van der Waals surface area (Å²) in [4.78, 5) is 40.4. The van der Waals surface area contributed by atoms with Crippen molar-refractivity contribution in [3.8, 4) is 0 Å². The Morgan fingerprint density at radius 2 is 1.66 bits per heavy atom. The fraction of sp³-hybridized carbons (Fsp3) is 0.318. The average Bonchev–Trinajstić information content (AvgIpc) is 2.72. The Hall–Kier alpha value is -3.35. The summed E-state index contributed by atoms with van der Waals surface area (Å²) in [5.41, 5.74) is 1.43. The molecule has 1 aliphatic heterocycles. The van der Waals surface area contributed by atoms with E-state index in [-0.39, 0.29) is 25.1 Å². The fourth-order valence-electron chi connectivity index (χ4n) is 3.65. The zero-order valence-electron chi connectivity index (χ0n) is 16.4. The number of rotatable bonds is 5. The minimum atomic E-state index is -1.25. The van der Waals surface area contributed by atoms with Gasteiger partial charge in [-0.05, 0) is 25.0 Å². The van der Waals surface area contributed by atoms with E-state index < -0.39 is 24.1 Å². The van der Waals surface area contributed by atoms with E-state index in [0.717, 1.165) is 10.5 Å². The average molecular weight is 396 g/mol. The summed E-state index contributed by atoms with van der Waals surface area (Å²) in [7, 11) is 0. The summed E-state index contributed by atoms with van der Waals surface area (Å²) in [6.45, 7) is 3.32. The molecule has 3 rings (SSSR count). The molecule has 0 spiro atoms. The molecule has 7 heteroatoms. The van der Waals surface area contributed by atoms with Crippen LogP contribution in [0.1, 0.15) is 31.0 Å². The van der Waals surface area contributed by atoms with Gasteiger partial charge in [0.15, 0.2) is 6.04 Å². The summed E-state index contributed by atoms with van der Waals surface area (Å²) in [5, 5.41) is 9.97. The van der Waals surface area contributed by atoms with Crippen LogP contribution in [0.2, 0.25) is 0 Å². The summed E-state index contributed by atoms with van der Waals surface area (Å²) < 4.78 is 5.33. The highest BCUT2D eigenvalue weighted by Crippen LogP contribution is 2.34. The minimum Gasteiger partial charge on any atom is -0.480 e. The second-order valence-electron chi connectivity index (χ2n) is 7.20. The molecule has 0 radical (unpaired) electrons. The van der Waals surface area contributed by atoms with Crippen LogP contribution in [0.25, 0.3) is 0 Å². The lowest BCUT2D eigenvalue weighted by atomic mass is 9.92. The number of hydrogen-bond donors (Lipinski definition) is 1. The lowest BCUT2D eigenvalue weighted by Crippen LogP contribution is -2.63. The van der Waals surface area contributed by atoms with E-state index >= 15 is 0 Å². The van der Waals surface area contributed by atoms with Crippen molar-refractivity contribution in [3.05, 3.63) is 71.8 Å². The molecule has 0 aromatic heterocycles. The number of carboxylic acids is 1. The molecule has 1 aliphatic rings. The van der Waals surface area contributed by atoms with Crippen molar-refractivity contribution >= 4 is 18.0 Å². The van der Waals surface area contributed by atoms with Gasteiger partial charge in [-0.1, -0.05) is 60.7 Å². The van der Waals surface area contributed by atoms with Gasteiger partial charge in [-0.3, -0.25) is 9.69 Å². The molecule has 29 heavy (non-hydrogen) atoms. The Labute approximate surface area is 169 Å². The molecule has 1 saturated heterocycles. The van der Waals surface area contributed by atoms with Crippen LogP contribution in [0.3, 0.4) is 0 Å². The molecular weight excluding hydrogens is 372 g/mol. The molecule has 152 valence electrons. The maximum absolute atomic E-state index is 12.9. The highest BCUT2D eigenvalue weighted by Gasteiger charge is 2.48. The van der Waals surface area contributed by atoms with Gasteiger partial charge in [-0.25, -0.2) is 9.59 Å². The maximum atomic E-state index is 12.9. The summed E-state index contributed by atoms with van der Waals surface area (Å²) >= 11 is 0. The zero-order valence-corrected chi connectivity index (χ0v) is 16.4. The number of ether oxygens (including phenoxy) is 1. The lowest BCUT2D eigenvalue weighted by Gasteiger charge is -2.46. The molecule has 1 fully saturated rings. The number of carbonyl (C=O) groups excluding carboxylic acids is 2. The van der Waals surface area contributed by atoms with Crippen LogP contribution in [-0.4, -0.2) is 51.5 Å². The number of aliphatic carboxylic acids is 1. The Balaban J connectivity index is 1.91. The molecule has 2 amide bonds. The van der Waals surface area contributed by atoms with Gasteiger partial charge in [0.1, 0.15) is 13.2 Å². The molecule has 1 N–H and O–H groups in total. The first-order chi connectivity index (χ1) is 13.9. The molecule has 0 aliphatic carbocycles. The van der Waals surface area contributed by atoms with E-state index in [9.17, 15) is 19.5 Å². The van der Waals surface area contributed by atoms with Gasteiger partial charge in [0.05, 0.1) is 6.04 Å². The first kappa shape index (κ1) is 20.4. The third-order valence-corrected chi connectivity index (χ3v) is 4.92. The Kier molecular flexibility index (Phi) is 6.16. The summed E-state index contributed by atoms with van der Waals surface area (Å²) in [6, 6.07) is 15.7. The monoisotopic (exact) mass is 396 g/mol. The largest absolute Gasteiger partial charge is 0.480 e. The smallest absolute Gasteiger partial charge is 0.411 e. The predicted octanol–water partition coefficient (Wildman–Crippen LogP) is 3.07. The van der Waals surface area contributed by atoms with E-state index in [2.05, 4.69) is 0 Å². The molecule has 0 saturated carbocycles. The molecule has 1 heterocycles. The van der Waals surface area contributed by atoms with Crippen LogP contribution < -0.4 is 0 Å². The number of benzene rings is 2. The lowest BCUT2D eigenvalue weighted by molar-refractivity contribution is -0.157. The van der Waals surface area contributed by atoms with Crippen molar-refractivity contribution in [3.63, 3.8) is 0 Å². The van der Waals surface area contributed by atoms with Crippen LogP contribution in [0.15, 0.2) is 60.7 Å². The second-order valence-corrected chi connectivity index (χ2v) is 7.20. The predicted molar refractivity (Wildman–Crippen MR) is 106 cm³/mol. The third-order valence-electron chi connectivity index (χ3n) is 4.92. The van der Waals surface area contributed by atoms with Crippen molar-refractivity contribution in [2.24, 2.45) is 0 Å². The van der Waals surface area contributed by atoms with Gasteiger partial charge in [-0.2, -0.15) is 0 Å². The van der Waals surface area contributed by atoms with Crippen LogP contribution in [0.5, 0.6) is 0 Å². The normalized spacial score (nSPS) is 19.3. The van der Waals surface area contributed by atoms with Gasteiger partial charge in [-0.15, -0.1) is 0 Å². The molecule has 0 unspecified atom stereocenters. The number of carbonyl (C=O) groups is 3. The quantitative estimate of drug-likeness (QED) is 0.839. The Morgan fingerprint density at radius 1 is 1.07 bits per heavy atom. The van der Waals surface area contributed by atoms with Crippen molar-refractivity contribution in [1.82, 2.24) is 9.80 Å². The molecule has 0 bridgehead atoms. The number of amides is 2. The SMILES string of the molecule is CC(C)N1C(=O)CN(C(=O)OCc2ccccc2)[C@H](C(=O)O)[C@H]1c1ccccc1. The Bertz CT molecular complexity index is 869. The summed E-state index contributed by atoms with van der Waals surface area (Å²) in [6.07, 6.45) is -0.820. The minimum absolute atomic E-state index is 0.000597. The van der Waals surface area contributed by atoms with E-state index in [1.165, 1.54) is 4.90 Å². The number of carboxylic acid groups (broad SMARTS) is 1. The van der Waals surface area contributed by atoms with Gasteiger partial charge in [0, 0.05) is 6.04 Å². The van der Waals surface area contributed by atoms with E-state index in [0.29, 0.717) is 5.56 Å². The zero-order chi connectivity index (χ0) is 21.0. The molecular formula is C22H24N2O5. The first-order valence-electron chi connectivity index (χ1n) is 9.46. The number of nitrogens with zero attached hydrogens (tertiary/aromatic N) is 2. The van der Waals surface area contributed by atoms with E-state index in [4.69, 9.17) is 4.74 Å². The van der Waals surface area contributed by atoms with Gasteiger partial charge in [0.2, 0.25) is 5.91 Å². The van der Waals surface area contributed by atoms with Gasteiger partial charge < -0.3 is 14.7 Å². The standard InChI is InChI=1S/C22H24N2O5/c1-15(2)24-18(25)13-23(22(28)29-14-16-9-5-3-6-10-16)20(21(26)27)19(24)17-11-7-4-8-12-17/h3-12,15,19-20H,13-14H2,1-2H3,(H,26,27)/t19-,20+/m1/s1. The maximum Gasteiger partial charge on any atom is 0.411 e. The highest BCUT2D eigenvalue weighted by atomic mass is 16.6. The van der Waals surface area contributed by atoms with Crippen LogP contribution >= 0.6 is 0 Å². The van der Waals surface area contributed by atoms with E-state index in [1.807, 2.05) is 38.1 Å². The van der Waals surface area contributed by atoms with Gasteiger partial charge >= 0.3 is 12.1 Å². The van der Waals surface area contributed by atoms with Crippen molar-refractivity contribution in [1.29, 1.82) is 0 Å². The number of hydrogen-bond acceptors (Lipinski definition) is 4. The van der Waals surface area contributed by atoms with Gasteiger partial charge in [0.25, 0.3) is 0 Å². The highest BCUT2D eigenvalue weighted by molar-refractivity contribution is 5.90. The third kappa shape index (κ3) is 4.39. The van der Waals surface area contributed by atoms with Crippen molar-refractivity contribution in [2.45, 2.75) is 38.6 Å². The fourth-order valence-corrected chi connectivity index (χ4v) is 3.65. The van der Waals surface area contributed by atoms with Crippen LogP contribution in [-0.2, 0) is 20.9 Å². The Morgan fingerprint density at radius 3 is 2.21 bits per heavy atom. The van der Waals surface area contributed by atoms with Crippen molar-refractivity contribution < 1.29 is 24.2 Å². The van der Waals surface area contributed by atoms with Crippen LogP contribution in [0, 0.1) is 0 Å². The summed E-state index contributed by atoms with van der Waals surface area (Å²) in [5.74, 6) is -1.50. The first-order valence-corrected chi connectivity index (χ1v) is 9.46. The second kappa shape index (κ2) is 8.77. The topological polar surface area (TPSA) is 87.2 Å². The van der Waals surface area contributed by atoms with Crippen LogP contribution in [0.4, 0.5) is 4.79 Å². The van der Waals surface area contributed by atoms with Crippen molar-refractivity contribution in [2.75, 3.05) is 6.54 Å². The molecule has 2 aromatic rings. The molecule has 2 atom stereocenters. The molecule has 2 aromatic carbocycles.